The van der Waals surface area contributed by atoms with Gasteiger partial charge in [-0.1, -0.05) is 17.7 Å². The third-order valence-electron chi connectivity index (χ3n) is 5.93. The Balaban J connectivity index is 1.48. The predicted octanol–water partition coefficient (Wildman–Crippen LogP) is 3.60. The number of nitrogens with zero attached hydrogens (tertiary/aromatic N) is 6. The molecule has 1 aliphatic heterocycles. The molecular weight excluding hydrogens is 372 g/mol. The minimum atomic E-state index is 0.737. The van der Waals surface area contributed by atoms with E-state index in [1.165, 1.54) is 41.2 Å². The summed E-state index contributed by atoms with van der Waals surface area (Å²) >= 11 is 6.25. The first kappa shape index (κ1) is 17.7. The fraction of sp³-hybridized carbons (Fsp3) is 0.476. The van der Waals surface area contributed by atoms with Crippen molar-refractivity contribution in [1.29, 1.82) is 0 Å². The van der Waals surface area contributed by atoms with Gasteiger partial charge in [0, 0.05) is 42.5 Å². The molecule has 1 fully saturated rings. The Morgan fingerprint density at radius 3 is 2.50 bits per heavy atom. The number of benzene rings is 1. The zero-order chi connectivity index (χ0) is 19.3. The van der Waals surface area contributed by atoms with Gasteiger partial charge in [-0.3, -0.25) is 0 Å². The van der Waals surface area contributed by atoms with E-state index in [4.69, 9.17) is 16.6 Å². The van der Waals surface area contributed by atoms with Crippen molar-refractivity contribution < 1.29 is 0 Å². The van der Waals surface area contributed by atoms with Gasteiger partial charge in [0.05, 0.1) is 5.69 Å². The van der Waals surface area contributed by atoms with Gasteiger partial charge in [0.25, 0.3) is 5.78 Å². The fourth-order valence-corrected chi connectivity index (χ4v) is 4.69. The van der Waals surface area contributed by atoms with Crippen LogP contribution in [0, 0.1) is 13.8 Å². The molecule has 0 N–H and O–H groups in total. The standard InChI is InChI=1S/C21H25ClN6/c1-14-7-8-16(22)13-19(14)26-9-11-27(12-10-26)20-17-5-3-4-6-18(17)24-21-23-15(2)25-28(20)21/h7-8,13H,3-6,9-12H2,1-2H3. The summed E-state index contributed by atoms with van der Waals surface area (Å²) in [5, 5.41) is 5.47. The van der Waals surface area contributed by atoms with Gasteiger partial charge in [-0.2, -0.15) is 9.50 Å². The number of hydrogen-bond donors (Lipinski definition) is 0. The first-order valence-corrected chi connectivity index (χ1v) is 10.5. The molecule has 0 bridgehead atoms. The number of rotatable bonds is 2. The van der Waals surface area contributed by atoms with Crippen LogP contribution in [-0.4, -0.2) is 45.8 Å². The quantitative estimate of drug-likeness (QED) is 0.662. The number of aryl methyl sites for hydroxylation is 3. The second kappa shape index (κ2) is 6.92. The molecule has 0 atom stereocenters. The normalized spacial score (nSPS) is 17.2. The van der Waals surface area contributed by atoms with Crippen LogP contribution in [0.3, 0.4) is 0 Å². The summed E-state index contributed by atoms with van der Waals surface area (Å²) in [5.74, 6) is 2.73. The van der Waals surface area contributed by atoms with Crippen LogP contribution in [0.15, 0.2) is 18.2 Å². The number of piperazine rings is 1. The molecule has 0 saturated carbocycles. The lowest BCUT2D eigenvalue weighted by atomic mass is 9.96. The van der Waals surface area contributed by atoms with E-state index >= 15 is 0 Å². The van der Waals surface area contributed by atoms with E-state index in [1.807, 2.05) is 17.5 Å². The minimum Gasteiger partial charge on any atom is -0.368 e. The van der Waals surface area contributed by atoms with E-state index in [0.717, 1.165) is 55.6 Å². The van der Waals surface area contributed by atoms with Crippen LogP contribution in [-0.2, 0) is 12.8 Å². The Labute approximate surface area is 170 Å². The summed E-state index contributed by atoms with van der Waals surface area (Å²) in [5.41, 5.74) is 5.10. The molecule has 0 amide bonds. The van der Waals surface area contributed by atoms with E-state index in [-0.39, 0.29) is 0 Å². The number of fused-ring (bicyclic) bond motifs is 2. The molecule has 28 heavy (non-hydrogen) atoms. The molecule has 2 aliphatic rings. The summed E-state index contributed by atoms with van der Waals surface area (Å²) in [6.45, 7) is 7.93. The van der Waals surface area contributed by atoms with Gasteiger partial charge in [0.2, 0.25) is 0 Å². The van der Waals surface area contributed by atoms with E-state index in [1.54, 1.807) is 0 Å². The highest BCUT2D eigenvalue weighted by molar-refractivity contribution is 6.30. The van der Waals surface area contributed by atoms with Crippen molar-refractivity contribution in [3.05, 3.63) is 45.9 Å². The first-order valence-electron chi connectivity index (χ1n) is 10.1. The molecule has 5 rings (SSSR count). The zero-order valence-electron chi connectivity index (χ0n) is 16.5. The maximum atomic E-state index is 6.25. The molecule has 146 valence electrons. The molecule has 3 aromatic rings. The van der Waals surface area contributed by atoms with Gasteiger partial charge >= 0.3 is 0 Å². The monoisotopic (exact) mass is 396 g/mol. The van der Waals surface area contributed by atoms with Crippen LogP contribution in [0.5, 0.6) is 0 Å². The first-order chi connectivity index (χ1) is 13.6. The third-order valence-corrected chi connectivity index (χ3v) is 6.17. The number of anilines is 2. The SMILES string of the molecule is Cc1nc2nc3c(c(N4CCN(c5cc(Cl)ccc5C)CC4)n2n1)CCCC3. The molecule has 6 nitrogen and oxygen atoms in total. The van der Waals surface area contributed by atoms with Crippen molar-refractivity contribution in [3.63, 3.8) is 0 Å². The Morgan fingerprint density at radius 2 is 1.68 bits per heavy atom. The van der Waals surface area contributed by atoms with Gasteiger partial charge < -0.3 is 9.80 Å². The molecule has 2 aromatic heterocycles. The molecular formula is C21H25ClN6. The van der Waals surface area contributed by atoms with Crippen LogP contribution in [0.1, 0.15) is 35.5 Å². The van der Waals surface area contributed by atoms with Crippen molar-refractivity contribution >= 4 is 28.9 Å². The summed E-state index contributed by atoms with van der Waals surface area (Å²) in [6.07, 6.45) is 4.57. The molecule has 1 aromatic carbocycles. The highest BCUT2D eigenvalue weighted by Gasteiger charge is 2.27. The number of halogens is 1. The highest BCUT2D eigenvalue weighted by Crippen LogP contribution is 2.32. The maximum absolute atomic E-state index is 6.25. The summed E-state index contributed by atoms with van der Waals surface area (Å²) in [6, 6.07) is 6.15. The Bertz CT molecular complexity index is 1040. The van der Waals surface area contributed by atoms with Crippen LogP contribution < -0.4 is 9.80 Å². The molecule has 0 radical (unpaired) electrons. The second-order valence-electron chi connectivity index (χ2n) is 7.84. The molecule has 3 heterocycles. The third kappa shape index (κ3) is 3.00. The van der Waals surface area contributed by atoms with Crippen molar-refractivity contribution in [1.82, 2.24) is 19.6 Å². The Kier molecular flexibility index (Phi) is 4.38. The lowest BCUT2D eigenvalue weighted by Crippen LogP contribution is -2.48. The molecule has 1 aliphatic carbocycles. The largest absolute Gasteiger partial charge is 0.368 e. The fourth-order valence-electron chi connectivity index (χ4n) is 4.53. The highest BCUT2D eigenvalue weighted by atomic mass is 35.5. The topological polar surface area (TPSA) is 49.6 Å². The van der Waals surface area contributed by atoms with Crippen molar-refractivity contribution in [3.8, 4) is 0 Å². The summed E-state index contributed by atoms with van der Waals surface area (Å²) in [4.78, 5) is 14.3. The second-order valence-corrected chi connectivity index (χ2v) is 8.28. The summed E-state index contributed by atoms with van der Waals surface area (Å²) in [7, 11) is 0. The van der Waals surface area contributed by atoms with Gasteiger partial charge in [-0.25, -0.2) is 4.98 Å². The van der Waals surface area contributed by atoms with E-state index in [0.29, 0.717) is 0 Å². The minimum absolute atomic E-state index is 0.737. The lowest BCUT2D eigenvalue weighted by molar-refractivity contribution is 0.614. The van der Waals surface area contributed by atoms with Gasteiger partial charge in [0.15, 0.2) is 0 Å². The van der Waals surface area contributed by atoms with Crippen LogP contribution in [0.25, 0.3) is 5.78 Å². The van der Waals surface area contributed by atoms with Crippen molar-refractivity contribution in [2.45, 2.75) is 39.5 Å². The van der Waals surface area contributed by atoms with E-state index in [2.05, 4.69) is 38.9 Å². The van der Waals surface area contributed by atoms with E-state index < -0.39 is 0 Å². The predicted molar refractivity (Wildman–Crippen MR) is 113 cm³/mol. The van der Waals surface area contributed by atoms with Gasteiger partial charge in [0.1, 0.15) is 11.6 Å². The van der Waals surface area contributed by atoms with Crippen molar-refractivity contribution in [2.75, 3.05) is 36.0 Å². The average Bonchev–Trinajstić information content (AvgIpc) is 3.07. The van der Waals surface area contributed by atoms with Crippen LogP contribution in [0.4, 0.5) is 11.5 Å². The number of hydrogen-bond acceptors (Lipinski definition) is 5. The van der Waals surface area contributed by atoms with Crippen LogP contribution >= 0.6 is 11.6 Å². The molecule has 0 unspecified atom stereocenters. The van der Waals surface area contributed by atoms with Crippen LogP contribution in [0.2, 0.25) is 5.02 Å². The average molecular weight is 397 g/mol. The zero-order valence-corrected chi connectivity index (χ0v) is 17.2. The number of aromatic nitrogens is 4. The molecule has 1 saturated heterocycles. The Morgan fingerprint density at radius 1 is 0.929 bits per heavy atom. The summed E-state index contributed by atoms with van der Waals surface area (Å²) < 4.78 is 1.97. The van der Waals surface area contributed by atoms with E-state index in [9.17, 15) is 0 Å². The smallest absolute Gasteiger partial charge is 0.254 e. The molecule has 7 heteroatoms. The maximum Gasteiger partial charge on any atom is 0.254 e. The molecule has 0 spiro atoms. The Hall–Kier alpha value is -2.34. The van der Waals surface area contributed by atoms with Crippen molar-refractivity contribution in [2.24, 2.45) is 0 Å². The lowest BCUT2D eigenvalue weighted by Gasteiger charge is -2.39. The van der Waals surface area contributed by atoms with Gasteiger partial charge in [-0.05, 0) is 57.2 Å². The van der Waals surface area contributed by atoms with Gasteiger partial charge in [-0.15, -0.1) is 5.10 Å².